The van der Waals surface area contributed by atoms with E-state index in [0.717, 1.165) is 29.6 Å². The topological polar surface area (TPSA) is 81.8 Å². The van der Waals surface area contributed by atoms with Gasteiger partial charge in [-0.3, -0.25) is 9.29 Å². The Kier molecular flexibility index (Phi) is 4.94. The third-order valence-corrected chi connectivity index (χ3v) is 5.65. The van der Waals surface area contributed by atoms with Gasteiger partial charge in [0.05, 0.1) is 28.7 Å². The fourth-order valence-corrected chi connectivity index (χ4v) is 4.22. The number of sulfonamides is 1. The van der Waals surface area contributed by atoms with Crippen LogP contribution >= 0.6 is 0 Å². The third-order valence-electron chi connectivity index (χ3n) is 5.04. The zero-order chi connectivity index (χ0) is 23.2. The number of aromatic nitrogens is 4. The molecule has 0 radical (unpaired) electrons. The lowest BCUT2D eigenvalue weighted by atomic mass is 10.0. The SMILES string of the molecule is CS(=O)(=O)Nc1cc(-c2ccc(F)cc2F)cc(-n2cnc3cc(-n4cccn4)ccc32)c1. The molecule has 0 fully saturated rings. The molecule has 0 amide bonds. The summed E-state index contributed by atoms with van der Waals surface area (Å²) in [6, 6.07) is 15.5. The van der Waals surface area contributed by atoms with E-state index in [1.807, 2.05) is 30.5 Å². The molecule has 7 nitrogen and oxygen atoms in total. The molecule has 3 aromatic carbocycles. The van der Waals surface area contributed by atoms with Crippen LogP contribution in [0.1, 0.15) is 0 Å². The summed E-state index contributed by atoms with van der Waals surface area (Å²) in [5.74, 6) is -1.45. The Balaban J connectivity index is 1.67. The van der Waals surface area contributed by atoms with Crippen molar-refractivity contribution < 1.29 is 17.2 Å². The van der Waals surface area contributed by atoms with Crippen LogP contribution in [-0.4, -0.2) is 34.0 Å². The van der Waals surface area contributed by atoms with Gasteiger partial charge in [0, 0.05) is 29.7 Å². The molecule has 10 heteroatoms. The summed E-state index contributed by atoms with van der Waals surface area (Å²) in [5.41, 5.74) is 3.60. The number of nitrogens with zero attached hydrogens (tertiary/aromatic N) is 4. The smallest absolute Gasteiger partial charge is 0.229 e. The average molecular weight is 465 g/mol. The van der Waals surface area contributed by atoms with Crippen LogP contribution in [0, 0.1) is 11.6 Å². The second-order valence-electron chi connectivity index (χ2n) is 7.51. The van der Waals surface area contributed by atoms with Crippen LogP contribution in [0.5, 0.6) is 0 Å². The van der Waals surface area contributed by atoms with Crippen LogP contribution < -0.4 is 4.72 Å². The van der Waals surface area contributed by atoms with E-state index in [2.05, 4.69) is 14.8 Å². The Labute approximate surface area is 188 Å². The number of halogens is 2. The average Bonchev–Trinajstić information content (AvgIpc) is 3.42. The van der Waals surface area contributed by atoms with E-state index < -0.39 is 21.7 Å². The minimum absolute atomic E-state index is 0.139. The second-order valence-corrected chi connectivity index (χ2v) is 9.25. The second kappa shape index (κ2) is 7.82. The number of hydrogen-bond donors (Lipinski definition) is 1. The zero-order valence-corrected chi connectivity index (χ0v) is 18.1. The molecule has 1 N–H and O–H groups in total. The van der Waals surface area contributed by atoms with Crippen LogP contribution in [0.4, 0.5) is 14.5 Å². The lowest BCUT2D eigenvalue weighted by molar-refractivity contribution is 0.585. The van der Waals surface area contributed by atoms with Gasteiger partial charge < -0.3 is 0 Å². The minimum atomic E-state index is -3.59. The van der Waals surface area contributed by atoms with Crippen molar-refractivity contribution in [2.24, 2.45) is 0 Å². The fraction of sp³-hybridized carbons (Fsp3) is 0.0435. The molecular weight excluding hydrogens is 448 g/mol. The van der Waals surface area contributed by atoms with Gasteiger partial charge in [-0.15, -0.1) is 0 Å². The highest BCUT2D eigenvalue weighted by Gasteiger charge is 2.14. The number of fused-ring (bicyclic) bond motifs is 1. The first-order valence-electron chi connectivity index (χ1n) is 9.83. The highest BCUT2D eigenvalue weighted by Crippen LogP contribution is 2.31. The predicted octanol–water partition coefficient (Wildman–Crippen LogP) is 4.53. The van der Waals surface area contributed by atoms with Crippen molar-refractivity contribution in [1.29, 1.82) is 0 Å². The van der Waals surface area contributed by atoms with E-state index in [4.69, 9.17) is 0 Å². The Morgan fingerprint density at radius 3 is 2.55 bits per heavy atom. The molecule has 0 aliphatic carbocycles. The van der Waals surface area contributed by atoms with E-state index in [0.29, 0.717) is 16.8 Å². The van der Waals surface area contributed by atoms with E-state index in [-0.39, 0.29) is 11.3 Å². The molecule has 2 heterocycles. The van der Waals surface area contributed by atoms with Crippen molar-refractivity contribution >= 4 is 26.7 Å². The van der Waals surface area contributed by atoms with Gasteiger partial charge in [0.25, 0.3) is 0 Å². The molecule has 0 spiro atoms. The van der Waals surface area contributed by atoms with E-state index in [9.17, 15) is 17.2 Å². The third kappa shape index (κ3) is 4.20. The van der Waals surface area contributed by atoms with E-state index >= 15 is 0 Å². The summed E-state index contributed by atoms with van der Waals surface area (Å²) in [7, 11) is -3.59. The van der Waals surface area contributed by atoms with Crippen LogP contribution in [-0.2, 0) is 10.0 Å². The summed E-state index contributed by atoms with van der Waals surface area (Å²) < 4.78 is 57.6. The van der Waals surface area contributed by atoms with Crippen molar-refractivity contribution in [2.45, 2.75) is 0 Å². The Morgan fingerprint density at radius 2 is 1.82 bits per heavy atom. The normalized spacial score (nSPS) is 11.7. The molecule has 0 unspecified atom stereocenters. The Bertz CT molecular complexity index is 1590. The van der Waals surface area contributed by atoms with E-state index in [1.54, 1.807) is 33.9 Å². The number of benzene rings is 3. The summed E-state index contributed by atoms with van der Waals surface area (Å²) in [6.45, 7) is 0. The maximum atomic E-state index is 14.5. The molecule has 0 atom stereocenters. The van der Waals surface area contributed by atoms with E-state index in [1.165, 1.54) is 12.1 Å². The number of anilines is 1. The predicted molar refractivity (Wildman–Crippen MR) is 122 cm³/mol. The van der Waals surface area contributed by atoms with Crippen molar-refractivity contribution in [3.8, 4) is 22.5 Å². The Morgan fingerprint density at radius 1 is 0.970 bits per heavy atom. The maximum absolute atomic E-state index is 14.5. The molecule has 0 saturated heterocycles. The molecule has 166 valence electrons. The van der Waals surface area contributed by atoms with Crippen LogP contribution in [0.15, 0.2) is 79.4 Å². The van der Waals surface area contributed by atoms with Gasteiger partial charge in [0.2, 0.25) is 10.0 Å². The summed E-state index contributed by atoms with van der Waals surface area (Å²) in [4.78, 5) is 4.46. The summed E-state index contributed by atoms with van der Waals surface area (Å²) in [6.07, 6.45) is 6.13. The number of imidazole rings is 1. The zero-order valence-electron chi connectivity index (χ0n) is 17.3. The molecule has 5 aromatic rings. The molecular formula is C23H17F2N5O2S. The molecule has 0 bridgehead atoms. The first kappa shape index (κ1) is 20.8. The molecule has 5 rings (SSSR count). The van der Waals surface area contributed by atoms with Crippen LogP contribution in [0.2, 0.25) is 0 Å². The largest absolute Gasteiger partial charge is 0.299 e. The van der Waals surface area contributed by atoms with Gasteiger partial charge in [-0.05, 0) is 60.2 Å². The lowest BCUT2D eigenvalue weighted by Crippen LogP contribution is -2.10. The number of rotatable bonds is 5. The first-order valence-corrected chi connectivity index (χ1v) is 11.7. The van der Waals surface area contributed by atoms with Crippen molar-refractivity contribution in [2.75, 3.05) is 11.0 Å². The molecule has 0 aliphatic rings. The standard InChI is InChI=1S/C23H17F2N5O2S/c1-33(31,32)28-17-9-15(20-5-3-16(24)11-21(20)25)10-19(12-17)29-14-26-22-13-18(4-6-23(22)29)30-8-2-7-27-30/h2-14,28H,1H3. The monoisotopic (exact) mass is 465 g/mol. The molecule has 2 aromatic heterocycles. The van der Waals surface area contributed by atoms with Gasteiger partial charge in [0.15, 0.2) is 0 Å². The van der Waals surface area contributed by atoms with Gasteiger partial charge in [-0.2, -0.15) is 5.10 Å². The summed E-state index contributed by atoms with van der Waals surface area (Å²) in [5, 5.41) is 4.22. The number of hydrogen-bond acceptors (Lipinski definition) is 4. The number of nitrogens with one attached hydrogen (secondary N) is 1. The highest BCUT2D eigenvalue weighted by atomic mass is 32.2. The van der Waals surface area contributed by atoms with Crippen LogP contribution in [0.3, 0.4) is 0 Å². The lowest BCUT2D eigenvalue weighted by Gasteiger charge is -2.13. The van der Waals surface area contributed by atoms with Gasteiger partial charge >= 0.3 is 0 Å². The molecule has 0 aliphatic heterocycles. The fourth-order valence-electron chi connectivity index (χ4n) is 3.67. The maximum Gasteiger partial charge on any atom is 0.229 e. The van der Waals surface area contributed by atoms with Crippen molar-refractivity contribution in [3.05, 3.63) is 91.0 Å². The quantitative estimate of drug-likeness (QED) is 0.414. The van der Waals surface area contributed by atoms with Gasteiger partial charge in [-0.1, -0.05) is 0 Å². The minimum Gasteiger partial charge on any atom is -0.299 e. The van der Waals surface area contributed by atoms with Gasteiger partial charge in [-0.25, -0.2) is 26.9 Å². The highest BCUT2D eigenvalue weighted by molar-refractivity contribution is 7.92. The molecule has 0 saturated carbocycles. The first-order chi connectivity index (χ1) is 15.8. The van der Waals surface area contributed by atoms with Crippen molar-refractivity contribution in [3.63, 3.8) is 0 Å². The van der Waals surface area contributed by atoms with Crippen LogP contribution in [0.25, 0.3) is 33.5 Å². The van der Waals surface area contributed by atoms with Crippen molar-refractivity contribution in [1.82, 2.24) is 19.3 Å². The summed E-state index contributed by atoms with van der Waals surface area (Å²) >= 11 is 0. The van der Waals surface area contributed by atoms with Gasteiger partial charge in [0.1, 0.15) is 18.0 Å². The Hall–Kier alpha value is -4.05. The molecule has 33 heavy (non-hydrogen) atoms.